The Morgan fingerprint density at radius 2 is 2.00 bits per heavy atom. The van der Waals surface area contributed by atoms with Gasteiger partial charge in [-0.3, -0.25) is 14.5 Å². The molecule has 2 fully saturated rings. The first-order valence-electron chi connectivity index (χ1n) is 4.92. The van der Waals surface area contributed by atoms with Gasteiger partial charge in [-0.1, -0.05) is 0 Å². The van der Waals surface area contributed by atoms with E-state index < -0.39 is 0 Å². The molecule has 5 heteroatoms. The molecule has 1 N–H and O–H groups in total. The van der Waals surface area contributed by atoms with Crippen molar-refractivity contribution in [1.29, 1.82) is 0 Å². The normalized spacial score (nSPS) is 29.4. The van der Waals surface area contributed by atoms with E-state index in [1.807, 2.05) is 0 Å². The molecule has 2 amide bonds. The van der Waals surface area contributed by atoms with E-state index in [-0.39, 0.29) is 31.1 Å². The van der Waals surface area contributed by atoms with E-state index >= 15 is 0 Å². The van der Waals surface area contributed by atoms with Crippen LogP contribution in [0.2, 0.25) is 0 Å². The summed E-state index contributed by atoms with van der Waals surface area (Å²) in [6.07, 6.45) is 1.92. The van der Waals surface area contributed by atoms with Crippen LogP contribution in [-0.2, 0) is 14.3 Å². The summed E-state index contributed by atoms with van der Waals surface area (Å²) < 4.78 is 4.85. The molecule has 1 atom stereocenters. The third kappa shape index (κ3) is 1.78. The van der Waals surface area contributed by atoms with Crippen LogP contribution in [0.15, 0.2) is 0 Å². The standard InChI is InChI=1S/C9H14N2O3/c12-8-5-14-6-9(13)11(8)7-2-1-3-10-4-7/h7,10H,1-6H2/t7-/m1/s1. The minimum atomic E-state index is -0.199. The second-order valence-corrected chi connectivity index (χ2v) is 3.65. The second kappa shape index (κ2) is 4.06. The van der Waals surface area contributed by atoms with Gasteiger partial charge >= 0.3 is 0 Å². The maximum atomic E-state index is 11.5. The number of amides is 2. The average molecular weight is 198 g/mol. The number of imide groups is 1. The van der Waals surface area contributed by atoms with Crippen LogP contribution in [0.4, 0.5) is 0 Å². The number of nitrogens with one attached hydrogen (secondary N) is 1. The Bertz CT molecular complexity index is 232. The summed E-state index contributed by atoms with van der Waals surface area (Å²) in [4.78, 5) is 24.3. The highest BCUT2D eigenvalue weighted by Gasteiger charge is 2.33. The molecule has 0 radical (unpaired) electrons. The van der Waals surface area contributed by atoms with Gasteiger partial charge in [-0.15, -0.1) is 0 Å². The molecule has 5 nitrogen and oxygen atoms in total. The van der Waals surface area contributed by atoms with Gasteiger partial charge in [0.15, 0.2) is 0 Å². The highest BCUT2D eigenvalue weighted by Crippen LogP contribution is 2.13. The van der Waals surface area contributed by atoms with Gasteiger partial charge in [0, 0.05) is 6.54 Å². The van der Waals surface area contributed by atoms with Crippen LogP contribution < -0.4 is 5.32 Å². The van der Waals surface area contributed by atoms with E-state index in [4.69, 9.17) is 4.74 Å². The topological polar surface area (TPSA) is 58.6 Å². The number of rotatable bonds is 1. The van der Waals surface area contributed by atoms with Crippen LogP contribution in [-0.4, -0.2) is 49.1 Å². The van der Waals surface area contributed by atoms with E-state index in [9.17, 15) is 9.59 Å². The fraction of sp³-hybridized carbons (Fsp3) is 0.778. The Balaban J connectivity index is 2.05. The molecule has 2 heterocycles. The third-order valence-electron chi connectivity index (χ3n) is 2.62. The van der Waals surface area contributed by atoms with Gasteiger partial charge in [-0.2, -0.15) is 0 Å². The molecule has 0 aromatic carbocycles. The smallest absolute Gasteiger partial charge is 0.255 e. The fourth-order valence-corrected chi connectivity index (χ4v) is 1.96. The van der Waals surface area contributed by atoms with Crippen molar-refractivity contribution in [1.82, 2.24) is 10.2 Å². The Kier molecular flexibility index (Phi) is 2.79. The molecule has 2 aliphatic heterocycles. The fourth-order valence-electron chi connectivity index (χ4n) is 1.96. The highest BCUT2D eigenvalue weighted by molar-refractivity contribution is 5.98. The van der Waals surface area contributed by atoms with Crippen molar-refractivity contribution in [2.24, 2.45) is 0 Å². The SMILES string of the molecule is O=C1COCC(=O)N1[C@@H]1CCCNC1. The molecule has 0 aromatic heterocycles. The van der Waals surface area contributed by atoms with E-state index in [0.717, 1.165) is 25.9 Å². The van der Waals surface area contributed by atoms with Crippen molar-refractivity contribution in [2.45, 2.75) is 18.9 Å². The molecule has 0 bridgehead atoms. The Labute approximate surface area is 82.4 Å². The molecule has 0 spiro atoms. The Morgan fingerprint density at radius 1 is 1.29 bits per heavy atom. The van der Waals surface area contributed by atoms with Gasteiger partial charge in [-0.05, 0) is 19.4 Å². The lowest BCUT2D eigenvalue weighted by Crippen LogP contribution is -2.56. The third-order valence-corrected chi connectivity index (χ3v) is 2.62. The van der Waals surface area contributed by atoms with Crippen LogP contribution in [0, 0.1) is 0 Å². The lowest BCUT2D eigenvalue weighted by Gasteiger charge is -2.35. The predicted molar refractivity (Wildman–Crippen MR) is 48.6 cm³/mol. The summed E-state index contributed by atoms with van der Waals surface area (Å²) in [6, 6.07) is 0.0349. The van der Waals surface area contributed by atoms with E-state index in [1.54, 1.807) is 0 Å². The minimum Gasteiger partial charge on any atom is -0.362 e. The van der Waals surface area contributed by atoms with Crippen LogP contribution in [0.25, 0.3) is 0 Å². The monoisotopic (exact) mass is 198 g/mol. The quantitative estimate of drug-likeness (QED) is 0.556. The van der Waals surface area contributed by atoms with Crippen LogP contribution in [0.1, 0.15) is 12.8 Å². The molecular formula is C9H14N2O3. The van der Waals surface area contributed by atoms with Gasteiger partial charge in [0.1, 0.15) is 13.2 Å². The first-order valence-corrected chi connectivity index (χ1v) is 4.92. The zero-order valence-electron chi connectivity index (χ0n) is 7.99. The lowest BCUT2D eigenvalue weighted by molar-refractivity contribution is -0.161. The maximum absolute atomic E-state index is 11.5. The average Bonchev–Trinajstić information content (AvgIpc) is 2.19. The van der Waals surface area contributed by atoms with E-state index in [0.29, 0.717) is 0 Å². The van der Waals surface area contributed by atoms with Crippen LogP contribution >= 0.6 is 0 Å². The van der Waals surface area contributed by atoms with Crippen LogP contribution in [0.3, 0.4) is 0 Å². The summed E-state index contributed by atoms with van der Waals surface area (Å²) in [5.74, 6) is -0.398. The summed E-state index contributed by atoms with van der Waals surface area (Å²) in [6.45, 7) is 1.78. The summed E-state index contributed by atoms with van der Waals surface area (Å²) in [7, 11) is 0. The first-order chi connectivity index (χ1) is 6.79. The number of ether oxygens (including phenoxy) is 1. The first kappa shape index (κ1) is 9.61. The van der Waals surface area contributed by atoms with Crippen molar-refractivity contribution < 1.29 is 14.3 Å². The molecule has 0 aliphatic carbocycles. The van der Waals surface area contributed by atoms with Gasteiger partial charge in [0.25, 0.3) is 11.8 Å². The van der Waals surface area contributed by atoms with E-state index in [1.165, 1.54) is 4.90 Å². The molecule has 0 unspecified atom stereocenters. The Hall–Kier alpha value is -0.940. The van der Waals surface area contributed by atoms with Crippen molar-refractivity contribution in [3.8, 4) is 0 Å². The number of piperidine rings is 1. The van der Waals surface area contributed by atoms with Gasteiger partial charge in [0.05, 0.1) is 6.04 Å². The van der Waals surface area contributed by atoms with Crippen LogP contribution in [0.5, 0.6) is 0 Å². The van der Waals surface area contributed by atoms with Crippen molar-refractivity contribution in [3.63, 3.8) is 0 Å². The minimum absolute atomic E-state index is 0.0349. The number of carbonyl (C=O) groups is 2. The summed E-state index contributed by atoms with van der Waals surface area (Å²) >= 11 is 0. The number of nitrogens with zero attached hydrogens (tertiary/aromatic N) is 1. The number of carbonyl (C=O) groups excluding carboxylic acids is 2. The predicted octanol–water partition coefficient (Wildman–Crippen LogP) is -0.876. The molecular weight excluding hydrogens is 184 g/mol. The number of hydrogen-bond donors (Lipinski definition) is 1. The lowest BCUT2D eigenvalue weighted by atomic mass is 10.1. The van der Waals surface area contributed by atoms with Gasteiger partial charge in [0.2, 0.25) is 0 Å². The zero-order chi connectivity index (χ0) is 9.97. The van der Waals surface area contributed by atoms with E-state index in [2.05, 4.69) is 5.32 Å². The Morgan fingerprint density at radius 3 is 2.57 bits per heavy atom. The molecule has 0 saturated carbocycles. The molecule has 0 aromatic rings. The number of hydrogen-bond acceptors (Lipinski definition) is 4. The van der Waals surface area contributed by atoms with Crippen molar-refractivity contribution in [3.05, 3.63) is 0 Å². The van der Waals surface area contributed by atoms with Crippen molar-refractivity contribution >= 4 is 11.8 Å². The molecule has 78 valence electrons. The van der Waals surface area contributed by atoms with Gasteiger partial charge in [-0.25, -0.2) is 0 Å². The molecule has 14 heavy (non-hydrogen) atoms. The largest absolute Gasteiger partial charge is 0.362 e. The summed E-state index contributed by atoms with van der Waals surface area (Å²) in [5.41, 5.74) is 0. The van der Waals surface area contributed by atoms with Crippen molar-refractivity contribution in [2.75, 3.05) is 26.3 Å². The zero-order valence-corrected chi connectivity index (χ0v) is 7.99. The van der Waals surface area contributed by atoms with Gasteiger partial charge < -0.3 is 10.1 Å². The maximum Gasteiger partial charge on any atom is 0.255 e. The molecule has 2 aliphatic rings. The highest BCUT2D eigenvalue weighted by atomic mass is 16.5. The molecule has 2 saturated heterocycles. The summed E-state index contributed by atoms with van der Waals surface area (Å²) in [5, 5.41) is 3.19. The molecule has 2 rings (SSSR count). The number of morpholine rings is 1. The second-order valence-electron chi connectivity index (χ2n) is 3.65.